The van der Waals surface area contributed by atoms with Crippen molar-refractivity contribution in [1.82, 2.24) is 4.98 Å². The van der Waals surface area contributed by atoms with Gasteiger partial charge in [0.1, 0.15) is 0 Å². The Labute approximate surface area is 156 Å². The number of nitrogens with one attached hydrogen (secondary N) is 2. The first kappa shape index (κ1) is 16.8. The Morgan fingerprint density at radius 2 is 1.88 bits per heavy atom. The molecule has 0 bridgehead atoms. The summed E-state index contributed by atoms with van der Waals surface area (Å²) in [6, 6.07) is 11.0. The number of hydrogen-bond acceptors (Lipinski definition) is 3. The number of anilines is 1. The maximum atomic E-state index is 13.0. The third-order valence-corrected chi connectivity index (χ3v) is 5.22. The topological polar surface area (TPSA) is 63.3 Å². The number of hydrogen-bond donors (Lipinski definition) is 2. The molecule has 2 N–H and O–H groups in total. The highest BCUT2D eigenvalue weighted by atomic mass is 35.5. The molecule has 0 atom stereocenters. The number of carbonyl (C=O) groups is 1. The zero-order chi connectivity index (χ0) is 18.3. The Balaban J connectivity index is 1.64. The van der Waals surface area contributed by atoms with Crippen LogP contribution in [0.2, 0.25) is 5.02 Å². The molecule has 4 rings (SSSR count). The van der Waals surface area contributed by atoms with Gasteiger partial charge < -0.3 is 19.8 Å². The van der Waals surface area contributed by atoms with Crippen LogP contribution < -0.4 is 14.8 Å². The summed E-state index contributed by atoms with van der Waals surface area (Å²) in [7, 11) is 3.15. The molecule has 6 heteroatoms. The number of rotatable bonds is 5. The molecule has 1 aromatic heterocycles. The molecule has 2 aromatic carbocycles. The lowest BCUT2D eigenvalue weighted by molar-refractivity contribution is -0.118. The number of halogens is 1. The van der Waals surface area contributed by atoms with E-state index >= 15 is 0 Å². The molecule has 134 valence electrons. The fraction of sp³-hybridized carbons (Fsp3) is 0.250. The van der Waals surface area contributed by atoms with Gasteiger partial charge in [-0.1, -0.05) is 11.6 Å². The number of carbonyl (C=O) groups excluding carboxylic acids is 1. The molecule has 1 aliphatic carbocycles. The molecule has 0 radical (unpaired) electrons. The number of methoxy groups -OCH3 is 2. The molecule has 3 aromatic rings. The van der Waals surface area contributed by atoms with E-state index in [2.05, 4.69) is 10.3 Å². The van der Waals surface area contributed by atoms with Crippen molar-refractivity contribution in [2.24, 2.45) is 0 Å². The van der Waals surface area contributed by atoms with E-state index in [9.17, 15) is 4.79 Å². The monoisotopic (exact) mass is 370 g/mol. The lowest BCUT2D eigenvalue weighted by atomic mass is 9.94. The van der Waals surface area contributed by atoms with Gasteiger partial charge in [-0.3, -0.25) is 4.79 Å². The van der Waals surface area contributed by atoms with Crippen LogP contribution in [0.25, 0.3) is 10.9 Å². The zero-order valence-electron chi connectivity index (χ0n) is 14.6. The molecule has 1 heterocycles. The van der Waals surface area contributed by atoms with Gasteiger partial charge >= 0.3 is 0 Å². The summed E-state index contributed by atoms with van der Waals surface area (Å²) in [6.45, 7) is 0. The first-order valence-electron chi connectivity index (χ1n) is 8.38. The molecule has 1 fully saturated rings. The van der Waals surface area contributed by atoms with Gasteiger partial charge in [-0.15, -0.1) is 0 Å². The van der Waals surface area contributed by atoms with E-state index in [-0.39, 0.29) is 5.91 Å². The highest BCUT2D eigenvalue weighted by molar-refractivity contribution is 6.31. The van der Waals surface area contributed by atoms with Crippen LogP contribution in [0.1, 0.15) is 18.4 Å². The number of ether oxygens (including phenoxy) is 2. The highest BCUT2D eigenvalue weighted by Gasteiger charge is 2.52. The van der Waals surface area contributed by atoms with Crippen molar-refractivity contribution >= 4 is 34.1 Å². The average Bonchev–Trinajstić information content (AvgIpc) is 3.35. The van der Waals surface area contributed by atoms with Gasteiger partial charge in [0.2, 0.25) is 5.91 Å². The lowest BCUT2D eigenvalue weighted by Crippen LogP contribution is -2.27. The second-order valence-electron chi connectivity index (χ2n) is 6.50. The summed E-state index contributed by atoms with van der Waals surface area (Å²) in [6.07, 6.45) is 3.54. The predicted octanol–water partition coefficient (Wildman–Crippen LogP) is 4.51. The van der Waals surface area contributed by atoms with Crippen LogP contribution in [0.15, 0.2) is 42.6 Å². The van der Waals surface area contributed by atoms with Crippen LogP contribution >= 0.6 is 11.6 Å². The third-order valence-electron chi connectivity index (χ3n) is 4.99. The smallest absolute Gasteiger partial charge is 0.235 e. The number of aromatic amines is 1. The van der Waals surface area contributed by atoms with Crippen LogP contribution in [-0.2, 0) is 10.2 Å². The van der Waals surface area contributed by atoms with E-state index in [0.717, 1.165) is 29.3 Å². The van der Waals surface area contributed by atoms with Crippen molar-refractivity contribution in [3.8, 4) is 11.5 Å². The van der Waals surface area contributed by atoms with Gasteiger partial charge in [-0.25, -0.2) is 0 Å². The summed E-state index contributed by atoms with van der Waals surface area (Å²) < 4.78 is 10.5. The van der Waals surface area contributed by atoms with E-state index < -0.39 is 5.41 Å². The molecule has 1 aliphatic rings. The second kappa shape index (κ2) is 6.25. The quantitative estimate of drug-likeness (QED) is 0.694. The molecule has 5 nitrogen and oxygen atoms in total. The summed E-state index contributed by atoms with van der Waals surface area (Å²) in [4.78, 5) is 16.3. The van der Waals surface area contributed by atoms with Crippen LogP contribution in [0.5, 0.6) is 11.5 Å². The van der Waals surface area contributed by atoms with E-state index in [0.29, 0.717) is 22.2 Å². The fourth-order valence-electron chi connectivity index (χ4n) is 3.40. The number of benzene rings is 2. The minimum absolute atomic E-state index is 0.0226. The van der Waals surface area contributed by atoms with Crippen LogP contribution in [0.4, 0.5) is 5.69 Å². The summed E-state index contributed by atoms with van der Waals surface area (Å²) in [5.41, 5.74) is 2.13. The molecule has 0 saturated heterocycles. The molecule has 0 aliphatic heterocycles. The average molecular weight is 371 g/mol. The molecular formula is C20H19ClN2O3. The SMILES string of the molecule is COc1ccc(NC(=O)C2(c3c[nH]c4ccc(Cl)cc34)CC2)cc1OC. The summed E-state index contributed by atoms with van der Waals surface area (Å²) >= 11 is 6.15. The van der Waals surface area contributed by atoms with Crippen molar-refractivity contribution in [3.63, 3.8) is 0 Å². The van der Waals surface area contributed by atoms with E-state index in [1.807, 2.05) is 24.4 Å². The highest BCUT2D eigenvalue weighted by Crippen LogP contribution is 2.51. The Morgan fingerprint density at radius 3 is 2.58 bits per heavy atom. The Kier molecular flexibility index (Phi) is 4.04. The van der Waals surface area contributed by atoms with Crippen LogP contribution in [-0.4, -0.2) is 25.1 Å². The first-order valence-corrected chi connectivity index (χ1v) is 8.76. The largest absolute Gasteiger partial charge is 0.493 e. The van der Waals surface area contributed by atoms with E-state index in [1.165, 1.54) is 0 Å². The van der Waals surface area contributed by atoms with Gasteiger partial charge in [0.05, 0.1) is 19.6 Å². The minimum atomic E-state index is -0.518. The van der Waals surface area contributed by atoms with E-state index in [1.54, 1.807) is 32.4 Å². The fourth-order valence-corrected chi connectivity index (χ4v) is 3.57. The molecule has 1 saturated carbocycles. The standard InChI is InChI=1S/C20H19ClN2O3/c1-25-17-6-4-13(10-18(17)26-2)23-19(24)20(7-8-20)15-11-22-16-5-3-12(21)9-14(15)16/h3-6,9-11,22H,7-8H2,1-2H3,(H,23,24). The van der Waals surface area contributed by atoms with Crippen molar-refractivity contribution in [3.05, 3.63) is 53.2 Å². The van der Waals surface area contributed by atoms with Gasteiger partial charge in [0, 0.05) is 33.9 Å². The molecule has 26 heavy (non-hydrogen) atoms. The molecule has 1 amide bonds. The van der Waals surface area contributed by atoms with Crippen LogP contribution in [0, 0.1) is 0 Å². The number of aromatic nitrogens is 1. The number of fused-ring (bicyclic) bond motifs is 1. The lowest BCUT2D eigenvalue weighted by Gasteiger charge is -2.16. The molecular weight excluding hydrogens is 352 g/mol. The van der Waals surface area contributed by atoms with Crippen molar-refractivity contribution in [2.75, 3.05) is 19.5 Å². The third kappa shape index (κ3) is 2.69. The second-order valence-corrected chi connectivity index (χ2v) is 6.93. The van der Waals surface area contributed by atoms with Gasteiger partial charge in [-0.2, -0.15) is 0 Å². The normalized spacial score (nSPS) is 14.9. The minimum Gasteiger partial charge on any atom is -0.493 e. The van der Waals surface area contributed by atoms with Crippen molar-refractivity contribution in [1.29, 1.82) is 0 Å². The van der Waals surface area contributed by atoms with Crippen molar-refractivity contribution < 1.29 is 14.3 Å². The Bertz CT molecular complexity index is 992. The zero-order valence-corrected chi connectivity index (χ0v) is 15.3. The molecule has 0 spiro atoms. The van der Waals surface area contributed by atoms with Gasteiger partial charge in [0.15, 0.2) is 11.5 Å². The van der Waals surface area contributed by atoms with Crippen LogP contribution in [0.3, 0.4) is 0 Å². The van der Waals surface area contributed by atoms with Gasteiger partial charge in [-0.05, 0) is 48.7 Å². The number of H-pyrrole nitrogens is 1. The summed E-state index contributed by atoms with van der Waals surface area (Å²) in [5.74, 6) is 1.18. The predicted molar refractivity (Wildman–Crippen MR) is 102 cm³/mol. The summed E-state index contributed by atoms with van der Waals surface area (Å²) in [5, 5.41) is 4.68. The van der Waals surface area contributed by atoms with Gasteiger partial charge in [0.25, 0.3) is 0 Å². The maximum absolute atomic E-state index is 13.0. The first-order chi connectivity index (χ1) is 12.6. The van der Waals surface area contributed by atoms with E-state index in [4.69, 9.17) is 21.1 Å². The van der Waals surface area contributed by atoms with Crippen molar-refractivity contribution in [2.45, 2.75) is 18.3 Å². The Morgan fingerprint density at radius 1 is 1.12 bits per heavy atom. The number of amides is 1. The Hall–Kier alpha value is -2.66. The maximum Gasteiger partial charge on any atom is 0.235 e. The molecule has 0 unspecified atom stereocenters.